The lowest BCUT2D eigenvalue weighted by Crippen LogP contribution is -2.17. The van der Waals surface area contributed by atoms with Crippen LogP contribution in [0.1, 0.15) is 46.0 Å². The van der Waals surface area contributed by atoms with E-state index in [0.29, 0.717) is 24.9 Å². The number of rotatable bonds is 4. The van der Waals surface area contributed by atoms with Crippen molar-refractivity contribution in [2.24, 2.45) is 11.8 Å². The lowest BCUT2D eigenvalue weighted by atomic mass is 9.83. The number of ether oxygens (including phenoxy) is 1. The van der Waals surface area contributed by atoms with E-state index in [1.54, 1.807) is 0 Å². The molecule has 1 aliphatic carbocycles. The maximum atomic E-state index is 11.5. The molecule has 2 heteroatoms. The van der Waals surface area contributed by atoms with Crippen LogP contribution in [0.4, 0.5) is 0 Å². The molecule has 1 unspecified atom stereocenters. The highest BCUT2D eigenvalue weighted by molar-refractivity contribution is 5.70. The van der Waals surface area contributed by atoms with Gasteiger partial charge in [-0.3, -0.25) is 4.79 Å². The van der Waals surface area contributed by atoms with Crippen molar-refractivity contribution in [2.45, 2.75) is 46.0 Å². The molecule has 0 aliphatic heterocycles. The van der Waals surface area contributed by atoms with E-state index in [0.717, 1.165) is 12.8 Å². The number of hydrogen-bond donors (Lipinski definition) is 0. The second-order valence-corrected chi connectivity index (χ2v) is 4.88. The molecule has 0 saturated heterocycles. The van der Waals surface area contributed by atoms with Gasteiger partial charge in [0.25, 0.3) is 0 Å². The molecule has 15 heavy (non-hydrogen) atoms. The van der Waals surface area contributed by atoms with Gasteiger partial charge in [-0.15, -0.1) is 0 Å². The van der Waals surface area contributed by atoms with Gasteiger partial charge < -0.3 is 4.74 Å². The number of esters is 1. The average molecular weight is 210 g/mol. The fraction of sp³-hybridized carbons (Fsp3) is 0.769. The van der Waals surface area contributed by atoms with Gasteiger partial charge in [0.05, 0.1) is 13.0 Å². The van der Waals surface area contributed by atoms with Gasteiger partial charge in [-0.05, 0) is 31.1 Å². The first kappa shape index (κ1) is 12.3. The average Bonchev–Trinajstić information content (AvgIpc) is 2.18. The Kier molecular flexibility index (Phi) is 4.86. The van der Waals surface area contributed by atoms with Crippen LogP contribution in [-0.2, 0) is 9.53 Å². The lowest BCUT2D eigenvalue weighted by Gasteiger charge is -2.23. The summed E-state index contributed by atoms with van der Waals surface area (Å²) < 4.78 is 5.17. The Balaban J connectivity index is 2.27. The Morgan fingerprint density at radius 3 is 2.87 bits per heavy atom. The molecular formula is C13H22O2. The van der Waals surface area contributed by atoms with Gasteiger partial charge >= 0.3 is 5.97 Å². The summed E-state index contributed by atoms with van der Waals surface area (Å²) in [5.74, 6) is 0.735. The van der Waals surface area contributed by atoms with Crippen molar-refractivity contribution in [3.8, 4) is 0 Å². The van der Waals surface area contributed by atoms with Crippen molar-refractivity contribution in [1.29, 1.82) is 0 Å². The summed E-state index contributed by atoms with van der Waals surface area (Å²) in [6.07, 6.45) is 5.18. The summed E-state index contributed by atoms with van der Waals surface area (Å²) in [5, 5.41) is 0. The van der Waals surface area contributed by atoms with Crippen LogP contribution in [-0.4, -0.2) is 12.6 Å². The molecule has 0 spiro atoms. The molecule has 2 nitrogen and oxygen atoms in total. The van der Waals surface area contributed by atoms with E-state index in [-0.39, 0.29) is 5.97 Å². The van der Waals surface area contributed by atoms with Gasteiger partial charge in [-0.2, -0.15) is 0 Å². The summed E-state index contributed by atoms with van der Waals surface area (Å²) in [7, 11) is 0. The van der Waals surface area contributed by atoms with E-state index < -0.39 is 0 Å². The highest BCUT2D eigenvalue weighted by Gasteiger charge is 2.20. The first-order valence-corrected chi connectivity index (χ1v) is 5.93. The molecule has 0 amide bonds. The zero-order valence-electron chi connectivity index (χ0n) is 9.92. The summed E-state index contributed by atoms with van der Waals surface area (Å²) in [6.45, 7) is 8.67. The van der Waals surface area contributed by atoms with E-state index in [2.05, 4.69) is 6.58 Å². The third-order valence-electron chi connectivity index (χ3n) is 2.87. The predicted molar refractivity (Wildman–Crippen MR) is 61.5 cm³/mol. The molecule has 1 aliphatic rings. The molecule has 1 fully saturated rings. The molecular weight excluding hydrogens is 188 g/mol. The monoisotopic (exact) mass is 210 g/mol. The maximum absolute atomic E-state index is 11.5. The largest absolute Gasteiger partial charge is 0.465 e. The summed E-state index contributed by atoms with van der Waals surface area (Å²) in [4.78, 5) is 11.5. The van der Waals surface area contributed by atoms with Crippen molar-refractivity contribution in [3.05, 3.63) is 12.2 Å². The smallest absolute Gasteiger partial charge is 0.306 e. The van der Waals surface area contributed by atoms with Crippen molar-refractivity contribution < 1.29 is 9.53 Å². The second-order valence-electron chi connectivity index (χ2n) is 4.88. The number of carbonyl (C=O) groups excluding carboxylic acids is 1. The highest BCUT2D eigenvalue weighted by atomic mass is 16.5. The van der Waals surface area contributed by atoms with Gasteiger partial charge in [0.2, 0.25) is 0 Å². The molecule has 86 valence electrons. The third kappa shape index (κ3) is 4.50. The molecule has 0 aromatic heterocycles. The Morgan fingerprint density at radius 2 is 2.27 bits per heavy atom. The molecule has 0 aromatic rings. The van der Waals surface area contributed by atoms with Crippen LogP contribution >= 0.6 is 0 Å². The first-order valence-electron chi connectivity index (χ1n) is 5.93. The number of hydrogen-bond acceptors (Lipinski definition) is 2. The zero-order chi connectivity index (χ0) is 11.3. The molecule has 1 rings (SSSR count). The SMILES string of the molecule is C=C1CCCCC1CC(=O)OCC(C)C. The Hall–Kier alpha value is -0.790. The standard InChI is InChI=1S/C13H22O2/c1-10(2)9-15-13(14)8-12-7-5-4-6-11(12)3/h10,12H,3-9H2,1-2H3. The Morgan fingerprint density at radius 1 is 1.53 bits per heavy atom. The van der Waals surface area contributed by atoms with Crippen LogP contribution in [0.3, 0.4) is 0 Å². The van der Waals surface area contributed by atoms with Crippen molar-refractivity contribution in [2.75, 3.05) is 6.61 Å². The summed E-state index contributed by atoms with van der Waals surface area (Å²) in [6, 6.07) is 0. The fourth-order valence-electron chi connectivity index (χ4n) is 1.92. The first-order chi connectivity index (χ1) is 7.09. The fourth-order valence-corrected chi connectivity index (χ4v) is 1.92. The van der Waals surface area contributed by atoms with Gasteiger partial charge in [0.15, 0.2) is 0 Å². The van der Waals surface area contributed by atoms with Crippen LogP contribution < -0.4 is 0 Å². The third-order valence-corrected chi connectivity index (χ3v) is 2.87. The van der Waals surface area contributed by atoms with E-state index >= 15 is 0 Å². The second kappa shape index (κ2) is 5.94. The Bertz CT molecular complexity index is 231. The van der Waals surface area contributed by atoms with Crippen LogP contribution in [0.2, 0.25) is 0 Å². The lowest BCUT2D eigenvalue weighted by molar-refractivity contribution is -0.145. The molecule has 0 bridgehead atoms. The van der Waals surface area contributed by atoms with E-state index in [1.807, 2.05) is 13.8 Å². The number of carbonyl (C=O) groups is 1. The highest BCUT2D eigenvalue weighted by Crippen LogP contribution is 2.30. The van der Waals surface area contributed by atoms with Crippen LogP contribution in [0.15, 0.2) is 12.2 Å². The van der Waals surface area contributed by atoms with Crippen LogP contribution in [0.25, 0.3) is 0 Å². The molecule has 0 N–H and O–H groups in total. The molecule has 0 aromatic carbocycles. The summed E-state index contributed by atoms with van der Waals surface area (Å²) >= 11 is 0. The summed E-state index contributed by atoms with van der Waals surface area (Å²) in [5.41, 5.74) is 1.24. The van der Waals surface area contributed by atoms with Crippen molar-refractivity contribution >= 4 is 5.97 Å². The van der Waals surface area contributed by atoms with E-state index in [9.17, 15) is 4.79 Å². The van der Waals surface area contributed by atoms with Crippen molar-refractivity contribution in [1.82, 2.24) is 0 Å². The molecule has 1 saturated carbocycles. The van der Waals surface area contributed by atoms with Crippen LogP contribution in [0, 0.1) is 11.8 Å². The quantitative estimate of drug-likeness (QED) is 0.525. The normalized spacial score (nSPS) is 21.8. The zero-order valence-corrected chi connectivity index (χ0v) is 9.92. The van der Waals surface area contributed by atoms with Crippen molar-refractivity contribution in [3.63, 3.8) is 0 Å². The molecule has 1 atom stereocenters. The minimum absolute atomic E-state index is 0.0586. The topological polar surface area (TPSA) is 26.3 Å². The maximum Gasteiger partial charge on any atom is 0.306 e. The predicted octanol–water partition coefficient (Wildman–Crippen LogP) is 3.32. The minimum atomic E-state index is -0.0586. The molecule has 0 radical (unpaired) electrons. The van der Waals surface area contributed by atoms with Gasteiger partial charge in [-0.25, -0.2) is 0 Å². The van der Waals surface area contributed by atoms with E-state index in [4.69, 9.17) is 4.74 Å². The Labute approximate surface area is 92.7 Å². The van der Waals surface area contributed by atoms with Crippen LogP contribution in [0.5, 0.6) is 0 Å². The van der Waals surface area contributed by atoms with Gasteiger partial charge in [0.1, 0.15) is 0 Å². The van der Waals surface area contributed by atoms with E-state index in [1.165, 1.54) is 18.4 Å². The minimum Gasteiger partial charge on any atom is -0.465 e. The number of allylic oxidation sites excluding steroid dienone is 1. The van der Waals surface area contributed by atoms with Gasteiger partial charge in [0, 0.05) is 0 Å². The van der Waals surface area contributed by atoms with Gasteiger partial charge in [-0.1, -0.05) is 32.4 Å². The molecule has 0 heterocycles.